The molecule has 1 aromatic carbocycles. The fourth-order valence-corrected chi connectivity index (χ4v) is 1.54. The molecule has 1 aromatic rings. The molecular weight excluding hydrogens is 242 g/mol. The third-order valence-electron chi connectivity index (χ3n) is 1.69. The summed E-state index contributed by atoms with van der Waals surface area (Å²) in [5, 5.41) is 8.56. The van der Waals surface area contributed by atoms with Gasteiger partial charge in [-0.3, -0.25) is 0 Å². The van der Waals surface area contributed by atoms with Crippen LogP contribution in [0.4, 0.5) is 8.78 Å². The maximum Gasteiger partial charge on any atom is 0.159 e. The van der Waals surface area contributed by atoms with E-state index in [9.17, 15) is 8.78 Å². The standard InChI is InChI=1S/C9H9BrF2O/c10-7-5-9(12)8(11)4-6(7)2-1-3-13/h4-5,13H,1-3H2. The molecule has 0 heterocycles. The van der Waals surface area contributed by atoms with Crippen molar-refractivity contribution >= 4 is 15.9 Å². The molecule has 0 aromatic heterocycles. The molecule has 13 heavy (non-hydrogen) atoms. The lowest BCUT2D eigenvalue weighted by Gasteiger charge is -2.03. The summed E-state index contributed by atoms with van der Waals surface area (Å²) in [6.07, 6.45) is 1.08. The van der Waals surface area contributed by atoms with Gasteiger partial charge in [0, 0.05) is 11.1 Å². The van der Waals surface area contributed by atoms with Crippen LogP contribution in [0.25, 0.3) is 0 Å². The Morgan fingerprint density at radius 2 is 1.85 bits per heavy atom. The van der Waals surface area contributed by atoms with Crippen LogP contribution in [0.15, 0.2) is 16.6 Å². The predicted molar refractivity (Wildman–Crippen MR) is 49.5 cm³/mol. The van der Waals surface area contributed by atoms with Crippen LogP contribution in [0.5, 0.6) is 0 Å². The second kappa shape index (κ2) is 4.67. The zero-order valence-corrected chi connectivity index (χ0v) is 8.44. The van der Waals surface area contributed by atoms with Gasteiger partial charge >= 0.3 is 0 Å². The van der Waals surface area contributed by atoms with Gasteiger partial charge in [0.1, 0.15) is 0 Å². The van der Waals surface area contributed by atoms with Crippen molar-refractivity contribution in [2.75, 3.05) is 6.61 Å². The van der Waals surface area contributed by atoms with E-state index in [2.05, 4.69) is 15.9 Å². The minimum Gasteiger partial charge on any atom is -0.396 e. The molecule has 0 unspecified atom stereocenters. The first-order chi connectivity index (χ1) is 6.15. The number of aryl methyl sites for hydroxylation is 1. The van der Waals surface area contributed by atoms with Crippen LogP contribution in [0.2, 0.25) is 0 Å². The summed E-state index contributed by atoms with van der Waals surface area (Å²) in [6.45, 7) is 0.0471. The first-order valence-electron chi connectivity index (χ1n) is 3.89. The lowest BCUT2D eigenvalue weighted by atomic mass is 10.1. The lowest BCUT2D eigenvalue weighted by Crippen LogP contribution is -1.94. The van der Waals surface area contributed by atoms with Crippen LogP contribution >= 0.6 is 15.9 Å². The molecule has 0 aliphatic carbocycles. The summed E-state index contributed by atoms with van der Waals surface area (Å²) in [6, 6.07) is 2.25. The van der Waals surface area contributed by atoms with Crippen molar-refractivity contribution in [3.63, 3.8) is 0 Å². The van der Waals surface area contributed by atoms with Gasteiger partial charge < -0.3 is 5.11 Å². The molecule has 0 saturated carbocycles. The molecule has 72 valence electrons. The first kappa shape index (κ1) is 10.6. The Kier molecular flexibility index (Phi) is 3.81. The van der Waals surface area contributed by atoms with Crippen molar-refractivity contribution in [2.24, 2.45) is 0 Å². The van der Waals surface area contributed by atoms with Gasteiger partial charge in [0.05, 0.1) is 0 Å². The van der Waals surface area contributed by atoms with Gasteiger partial charge in [-0.05, 0) is 30.5 Å². The fourth-order valence-electron chi connectivity index (χ4n) is 1.02. The van der Waals surface area contributed by atoms with Crippen molar-refractivity contribution in [2.45, 2.75) is 12.8 Å². The molecule has 0 spiro atoms. The molecule has 0 radical (unpaired) electrons. The average molecular weight is 251 g/mol. The van der Waals surface area contributed by atoms with Gasteiger partial charge in [-0.25, -0.2) is 8.78 Å². The Bertz CT molecular complexity index is 302. The van der Waals surface area contributed by atoms with E-state index in [1.807, 2.05) is 0 Å². The van der Waals surface area contributed by atoms with E-state index < -0.39 is 11.6 Å². The van der Waals surface area contributed by atoms with E-state index in [0.717, 1.165) is 12.1 Å². The van der Waals surface area contributed by atoms with Crippen LogP contribution in [-0.4, -0.2) is 11.7 Å². The summed E-state index contributed by atoms with van der Waals surface area (Å²) < 4.78 is 25.9. The monoisotopic (exact) mass is 250 g/mol. The Balaban J connectivity index is 2.88. The number of halogens is 3. The normalized spacial score (nSPS) is 10.5. The Hall–Kier alpha value is -0.480. The topological polar surface area (TPSA) is 20.2 Å². The van der Waals surface area contributed by atoms with E-state index in [-0.39, 0.29) is 6.61 Å². The van der Waals surface area contributed by atoms with Crippen LogP contribution in [0, 0.1) is 11.6 Å². The number of hydrogen-bond donors (Lipinski definition) is 1. The van der Waals surface area contributed by atoms with Gasteiger partial charge in [0.25, 0.3) is 0 Å². The predicted octanol–water partition coefficient (Wildman–Crippen LogP) is 2.65. The number of benzene rings is 1. The number of rotatable bonds is 3. The molecule has 0 atom stereocenters. The Morgan fingerprint density at radius 1 is 1.23 bits per heavy atom. The number of hydrogen-bond acceptors (Lipinski definition) is 1. The Labute approximate surface area is 83.5 Å². The lowest BCUT2D eigenvalue weighted by molar-refractivity contribution is 0.288. The van der Waals surface area contributed by atoms with Crippen LogP contribution in [0.3, 0.4) is 0 Å². The highest BCUT2D eigenvalue weighted by atomic mass is 79.9. The summed E-state index contributed by atoms with van der Waals surface area (Å²) in [5.41, 5.74) is 0.674. The van der Waals surface area contributed by atoms with Crippen LogP contribution in [-0.2, 0) is 6.42 Å². The molecule has 1 nitrogen and oxygen atoms in total. The van der Waals surface area contributed by atoms with Gasteiger partial charge in [0.2, 0.25) is 0 Å². The van der Waals surface area contributed by atoms with Gasteiger partial charge in [-0.15, -0.1) is 0 Å². The van der Waals surface area contributed by atoms with Crippen molar-refractivity contribution in [1.29, 1.82) is 0 Å². The maximum absolute atomic E-state index is 12.7. The molecule has 0 saturated heterocycles. The smallest absolute Gasteiger partial charge is 0.159 e. The quantitative estimate of drug-likeness (QED) is 0.819. The second-order valence-electron chi connectivity index (χ2n) is 2.68. The molecule has 1 N–H and O–H groups in total. The van der Waals surface area contributed by atoms with Crippen molar-refractivity contribution in [1.82, 2.24) is 0 Å². The van der Waals surface area contributed by atoms with Gasteiger partial charge in [-0.1, -0.05) is 15.9 Å². The van der Waals surface area contributed by atoms with E-state index in [1.54, 1.807) is 0 Å². The molecule has 4 heteroatoms. The minimum atomic E-state index is -0.861. The highest BCUT2D eigenvalue weighted by Crippen LogP contribution is 2.21. The van der Waals surface area contributed by atoms with Gasteiger partial charge in [0.15, 0.2) is 11.6 Å². The van der Waals surface area contributed by atoms with E-state index in [0.29, 0.717) is 22.9 Å². The molecule has 0 amide bonds. The first-order valence-corrected chi connectivity index (χ1v) is 4.68. The largest absolute Gasteiger partial charge is 0.396 e. The van der Waals surface area contributed by atoms with Crippen molar-refractivity contribution in [3.8, 4) is 0 Å². The second-order valence-corrected chi connectivity index (χ2v) is 3.54. The maximum atomic E-state index is 12.7. The molecule has 0 aliphatic rings. The number of aliphatic hydroxyl groups excluding tert-OH is 1. The summed E-state index contributed by atoms with van der Waals surface area (Å²) in [5.74, 6) is -1.71. The molecule has 1 rings (SSSR count). The van der Waals surface area contributed by atoms with Crippen LogP contribution in [0.1, 0.15) is 12.0 Å². The van der Waals surface area contributed by atoms with E-state index in [4.69, 9.17) is 5.11 Å². The zero-order chi connectivity index (χ0) is 9.84. The minimum absolute atomic E-state index is 0.0471. The Morgan fingerprint density at radius 3 is 2.46 bits per heavy atom. The van der Waals surface area contributed by atoms with E-state index >= 15 is 0 Å². The van der Waals surface area contributed by atoms with Crippen molar-refractivity contribution < 1.29 is 13.9 Å². The van der Waals surface area contributed by atoms with Crippen molar-refractivity contribution in [3.05, 3.63) is 33.8 Å². The molecule has 0 fully saturated rings. The number of aliphatic hydroxyl groups is 1. The average Bonchev–Trinajstić information content (AvgIpc) is 2.09. The summed E-state index contributed by atoms with van der Waals surface area (Å²) in [4.78, 5) is 0. The molecular formula is C9H9BrF2O. The highest BCUT2D eigenvalue weighted by Gasteiger charge is 2.07. The van der Waals surface area contributed by atoms with Crippen LogP contribution < -0.4 is 0 Å². The highest BCUT2D eigenvalue weighted by molar-refractivity contribution is 9.10. The van der Waals surface area contributed by atoms with E-state index in [1.165, 1.54) is 0 Å². The SMILES string of the molecule is OCCCc1cc(F)c(F)cc1Br. The third-order valence-corrected chi connectivity index (χ3v) is 2.43. The molecule has 0 aliphatic heterocycles. The zero-order valence-electron chi connectivity index (χ0n) is 6.86. The summed E-state index contributed by atoms with van der Waals surface area (Å²) >= 11 is 3.12. The summed E-state index contributed by atoms with van der Waals surface area (Å²) in [7, 11) is 0. The van der Waals surface area contributed by atoms with Gasteiger partial charge in [-0.2, -0.15) is 0 Å². The molecule has 0 bridgehead atoms. The fraction of sp³-hybridized carbons (Fsp3) is 0.333. The third kappa shape index (κ3) is 2.74.